The van der Waals surface area contributed by atoms with E-state index >= 15 is 0 Å². The Morgan fingerprint density at radius 1 is 0.157 bits per heavy atom. The van der Waals surface area contributed by atoms with Crippen molar-refractivity contribution in [3.8, 4) is 86.2 Å². The molecular formula is C99H75NO15. The van der Waals surface area contributed by atoms with E-state index in [9.17, 15) is 0 Å². The summed E-state index contributed by atoms with van der Waals surface area (Å²) in [5.74, 6) is -19.5. The molecule has 0 amide bonds. The maximum absolute atomic E-state index is 9.05. The van der Waals surface area contributed by atoms with Gasteiger partial charge in [0.2, 0.25) is 5.76 Å². The van der Waals surface area contributed by atoms with Gasteiger partial charge in [-0.15, -0.1) is 5.06 Å². The van der Waals surface area contributed by atoms with Crippen LogP contribution in [0.2, 0.25) is 0 Å². The van der Waals surface area contributed by atoms with E-state index in [0.29, 0.717) is 0 Å². The van der Waals surface area contributed by atoms with Crippen LogP contribution < -0.4 is 71.2 Å². The highest BCUT2D eigenvalue weighted by molar-refractivity contribution is 5.57. The summed E-state index contributed by atoms with van der Waals surface area (Å²) in [4.78, 5) is 8.32. The molecule has 16 nitrogen and oxygen atoms in total. The predicted molar refractivity (Wildman–Crippen MR) is 434 cm³/mol. The third kappa shape index (κ3) is 13.9. The molecule has 1 fully saturated rings. The smallest absolute Gasteiger partial charge is 0.461 e. The molecule has 0 spiro atoms. The quantitative estimate of drug-likeness (QED) is 0.0394. The van der Waals surface area contributed by atoms with Crippen molar-refractivity contribution in [2.75, 3.05) is 0 Å². The van der Waals surface area contributed by atoms with E-state index in [4.69, 9.17) is 71.2 Å². The van der Waals surface area contributed by atoms with E-state index in [1.807, 2.05) is 188 Å². The Morgan fingerprint density at radius 3 is 0.591 bits per heavy atom. The Labute approximate surface area is 665 Å². The molecule has 0 radical (unpaired) electrons. The molecule has 0 bridgehead atoms. The molecule has 1 aliphatic carbocycles. The lowest BCUT2D eigenvalue weighted by Crippen LogP contribution is -3.03. The summed E-state index contributed by atoms with van der Waals surface area (Å²) in [6.45, 7) is 0. The Morgan fingerprint density at radius 2 is 0.339 bits per heavy atom. The summed E-state index contributed by atoms with van der Waals surface area (Å²) in [6.07, 6.45) is 0. The minimum absolute atomic E-state index is 0.0247. The van der Waals surface area contributed by atoms with Gasteiger partial charge in [-0.25, -0.2) is 0 Å². The van der Waals surface area contributed by atoms with Gasteiger partial charge in [0, 0.05) is 0 Å². The molecule has 1 atom stereocenters. The molecule has 1 unspecified atom stereocenters. The zero-order valence-corrected chi connectivity index (χ0v) is 61.9. The highest BCUT2D eigenvalue weighted by Gasteiger charge is 3.06. The number of para-hydroxylation sites is 15. The first-order valence-corrected chi connectivity index (χ1v) is 37.5. The van der Waals surface area contributed by atoms with Gasteiger partial charge in [0.25, 0.3) is 0 Å². The van der Waals surface area contributed by atoms with Gasteiger partial charge in [-0.3, -0.25) is 0 Å². The van der Waals surface area contributed by atoms with Gasteiger partial charge < -0.3 is 71.2 Å². The second kappa shape index (κ2) is 32.4. The van der Waals surface area contributed by atoms with E-state index in [2.05, 4.69) is 0 Å². The fourth-order valence-corrected chi connectivity index (χ4v) is 14.2. The first kappa shape index (κ1) is 72.7. The van der Waals surface area contributed by atoms with Crippen LogP contribution in [0.4, 0.5) is 0 Å². The van der Waals surface area contributed by atoms with Crippen molar-refractivity contribution in [2.24, 2.45) is 0 Å². The minimum Gasteiger partial charge on any atom is -0.464 e. The molecule has 0 N–H and O–H groups in total. The highest BCUT2D eigenvalue weighted by atomic mass is 16.9. The summed E-state index contributed by atoms with van der Waals surface area (Å²) in [6, 6.07) is 134. The first-order valence-electron chi connectivity index (χ1n) is 37.5. The van der Waals surface area contributed by atoms with Crippen LogP contribution in [0.3, 0.4) is 0 Å². The van der Waals surface area contributed by atoms with Gasteiger partial charge >= 0.3 is 40.4 Å². The van der Waals surface area contributed by atoms with Crippen LogP contribution in [-0.2, 0) is 0 Å². The topological polar surface area (TPSA) is 142 Å². The maximum Gasteiger partial charge on any atom is 0.461 e. The molecule has 1 heterocycles. The number of hydrogen-bond acceptors (Lipinski definition) is 16. The molecule has 0 saturated carbocycles. The molecule has 1 aliphatic heterocycles. The Balaban J connectivity index is 1.28. The van der Waals surface area contributed by atoms with Crippen molar-refractivity contribution in [3.63, 3.8) is 0 Å². The molecular weight excluding hydrogens is 1440 g/mol. The minimum atomic E-state index is -3.48. The summed E-state index contributed by atoms with van der Waals surface area (Å²) in [5, 5.41) is 1.32. The van der Waals surface area contributed by atoms with Crippen molar-refractivity contribution < 1.29 is 71.2 Å². The number of rotatable bonds is 30. The van der Waals surface area contributed by atoms with Crippen LogP contribution in [0.25, 0.3) is 0 Å². The number of hydrogen-bond donors (Lipinski definition) is 0. The van der Waals surface area contributed by atoms with E-state index in [1.54, 1.807) is 267 Å². The van der Waals surface area contributed by atoms with Crippen LogP contribution in [0.15, 0.2) is 466 Å². The molecule has 0 aromatic heterocycles. The molecule has 17 rings (SSSR count). The lowest BCUT2D eigenvalue weighted by Gasteiger charge is -2.70. The van der Waals surface area contributed by atoms with Crippen molar-refractivity contribution in [1.29, 1.82) is 0 Å². The van der Waals surface area contributed by atoms with Gasteiger partial charge in [0.1, 0.15) is 80.5 Å². The van der Waals surface area contributed by atoms with Gasteiger partial charge in [0.15, 0.2) is 11.4 Å². The number of ether oxygens (including phenoxy) is 14. The number of hydroxylamine groups is 2. The average molecular weight is 1520 g/mol. The Bertz CT molecular complexity index is 5330. The van der Waals surface area contributed by atoms with Crippen LogP contribution in [0.5, 0.6) is 86.2 Å². The van der Waals surface area contributed by atoms with E-state index in [-0.39, 0.29) is 86.2 Å². The van der Waals surface area contributed by atoms with Crippen LogP contribution >= 0.6 is 0 Å². The molecule has 566 valence electrons. The molecule has 115 heavy (non-hydrogen) atoms. The Hall–Kier alpha value is -15.2. The van der Waals surface area contributed by atoms with E-state index < -0.39 is 51.9 Å². The van der Waals surface area contributed by atoms with E-state index in [0.717, 1.165) is 0 Å². The SMILES string of the molecule is c1ccc(OC2=C3N(Oc4ccccc4)C(Oc4ccccc4)(Oc4ccccc4)C(Oc4ccccc4)(Oc4ccccc4)C(Oc4ccccc4)(Oc4ccccc4)C3(Oc3ccccc3)C(Oc3ccccc3)(Oc3ccccc3)C(Oc3ccccc3)(Oc3ccccc3)C2(Oc2ccccc2)Oc2ccccc2)cc1. The molecule has 15 aromatic carbocycles. The zero-order chi connectivity index (χ0) is 77.5. The summed E-state index contributed by atoms with van der Waals surface area (Å²) in [5.41, 5.74) is -3.91. The number of nitrogens with zero attached hydrogens (tertiary/aromatic N) is 1. The molecule has 16 heteroatoms. The monoisotopic (exact) mass is 1520 g/mol. The predicted octanol–water partition coefficient (Wildman–Crippen LogP) is 21.5. The molecule has 15 aromatic rings. The second-order valence-electron chi connectivity index (χ2n) is 26.5. The van der Waals surface area contributed by atoms with Gasteiger partial charge in [-0.2, -0.15) is 0 Å². The van der Waals surface area contributed by atoms with Gasteiger partial charge in [-0.05, 0) is 182 Å². The number of piperidine rings is 1. The largest absolute Gasteiger partial charge is 0.464 e. The van der Waals surface area contributed by atoms with Crippen molar-refractivity contribution in [2.45, 2.75) is 40.4 Å². The van der Waals surface area contributed by atoms with Gasteiger partial charge in [0.05, 0.1) is 0 Å². The first-order chi connectivity index (χ1) is 56.8. The number of benzene rings is 15. The van der Waals surface area contributed by atoms with Crippen LogP contribution in [0.1, 0.15) is 0 Å². The summed E-state index contributed by atoms with van der Waals surface area (Å²) >= 11 is 0. The highest BCUT2D eigenvalue weighted by Crippen LogP contribution is 2.71. The zero-order valence-electron chi connectivity index (χ0n) is 61.9. The lowest BCUT2D eigenvalue weighted by molar-refractivity contribution is -0.539. The summed E-state index contributed by atoms with van der Waals surface area (Å²) < 4.78 is 121. The average Bonchev–Trinajstić information content (AvgIpc) is 0.618. The van der Waals surface area contributed by atoms with Gasteiger partial charge in [-0.1, -0.05) is 273 Å². The van der Waals surface area contributed by atoms with Crippen LogP contribution in [-0.4, -0.2) is 45.5 Å². The van der Waals surface area contributed by atoms with Crippen molar-refractivity contribution in [3.05, 3.63) is 466 Å². The summed E-state index contributed by atoms with van der Waals surface area (Å²) in [7, 11) is 0. The van der Waals surface area contributed by atoms with Crippen molar-refractivity contribution in [1.82, 2.24) is 5.06 Å². The Kier molecular flexibility index (Phi) is 20.5. The fraction of sp³-hybridized carbons (Fsp3) is 0.0707. The lowest BCUT2D eigenvalue weighted by atomic mass is 9.62. The normalized spacial score (nSPS) is 16.2. The molecule has 1 saturated heterocycles. The van der Waals surface area contributed by atoms with E-state index in [1.165, 1.54) is 5.06 Å². The fourth-order valence-electron chi connectivity index (χ4n) is 14.2. The second-order valence-corrected chi connectivity index (χ2v) is 26.5. The third-order valence-corrected chi connectivity index (χ3v) is 18.9. The van der Waals surface area contributed by atoms with Crippen LogP contribution in [0, 0.1) is 0 Å². The third-order valence-electron chi connectivity index (χ3n) is 18.9. The maximum atomic E-state index is 9.05. The number of fused-ring (bicyclic) bond motifs is 1. The molecule has 2 aliphatic rings. The van der Waals surface area contributed by atoms with Crippen molar-refractivity contribution >= 4 is 0 Å². The standard InChI is InChI=1S/C99H75NO15/c1-16-46-76(47-17-1)101-92-91-93(102-77-48-18-2-19-49-77,95(105-80-54-24-5-25-55-80,106-81-56-26-6-27-57-81)97(109-84-62-32-9-33-63-84,110-85-64-34-10-35-65-85)94(92,103-78-50-20-3-21-51-78)104-79-52-22-4-23-53-79)96(107-82-58-28-7-29-59-82,108-83-60-30-8-31-61-83)98(111-86-66-36-11-37-67-86,112-87-68-38-12-39-69-87)99(113-88-70-40-13-41-71-88,114-89-72-42-14-43-73-89)100(91)115-90-74-44-15-45-75-90/h1-75H.